The second kappa shape index (κ2) is 8.55. The van der Waals surface area contributed by atoms with E-state index in [2.05, 4.69) is 27.6 Å². The van der Waals surface area contributed by atoms with Gasteiger partial charge in [-0.15, -0.1) is 12.6 Å². The van der Waals surface area contributed by atoms with Crippen LogP contribution in [0, 0.1) is 0 Å². The fourth-order valence-corrected chi connectivity index (χ4v) is 4.11. The maximum absolute atomic E-state index is 12.0. The average Bonchev–Trinajstić information content (AvgIpc) is 3.18. The van der Waals surface area contributed by atoms with Crippen molar-refractivity contribution >= 4 is 31.8 Å². The predicted molar refractivity (Wildman–Crippen MR) is 102 cm³/mol. The number of fused-ring (bicyclic) bond motifs is 1. The van der Waals surface area contributed by atoms with Crippen molar-refractivity contribution in [3.63, 3.8) is 0 Å². The van der Waals surface area contributed by atoms with Gasteiger partial charge in [-0.05, 0) is 6.42 Å². The minimum absolute atomic E-state index is 0.0516. The van der Waals surface area contributed by atoms with E-state index in [1.807, 2.05) is 20.8 Å². The van der Waals surface area contributed by atoms with Gasteiger partial charge in [0.05, 0.1) is 18.5 Å². The molecule has 0 radical (unpaired) electrons. The van der Waals surface area contributed by atoms with E-state index in [9.17, 15) is 14.8 Å². The zero-order chi connectivity index (χ0) is 19.7. The molecule has 6 atom stereocenters. The van der Waals surface area contributed by atoms with Crippen LogP contribution in [0.25, 0.3) is 11.2 Å². The molecule has 0 amide bonds. The monoisotopic (exact) mass is 416 g/mol. The highest BCUT2D eigenvalue weighted by atomic mass is 32.1. The number of nitrogens with zero attached hydrogens (tertiary/aromatic N) is 4. The van der Waals surface area contributed by atoms with E-state index < -0.39 is 32.6 Å². The molecule has 3 rings (SSSR count). The van der Waals surface area contributed by atoms with Gasteiger partial charge in [-0.25, -0.2) is 15.0 Å². The second-order valence-corrected chi connectivity index (χ2v) is 9.38. The van der Waals surface area contributed by atoms with Gasteiger partial charge in [0, 0.05) is 12.1 Å². The molecule has 9 nitrogen and oxygen atoms in total. The summed E-state index contributed by atoms with van der Waals surface area (Å²) >= 11 is 4.25. The van der Waals surface area contributed by atoms with Crippen molar-refractivity contribution in [2.24, 2.45) is 0 Å². The Morgan fingerprint density at radius 2 is 2.07 bits per heavy atom. The van der Waals surface area contributed by atoms with Gasteiger partial charge in [0.2, 0.25) is 0 Å². The lowest BCUT2D eigenvalue weighted by Gasteiger charge is -2.22. The van der Waals surface area contributed by atoms with Crippen LogP contribution in [0.5, 0.6) is 0 Å². The van der Waals surface area contributed by atoms with Gasteiger partial charge in [0.1, 0.15) is 29.1 Å². The molecule has 0 spiro atoms. The first-order valence-corrected chi connectivity index (χ1v) is 10.8. The molecule has 1 fully saturated rings. The first-order chi connectivity index (χ1) is 12.8. The maximum atomic E-state index is 12.0. The van der Waals surface area contributed by atoms with E-state index in [1.165, 1.54) is 12.7 Å². The van der Waals surface area contributed by atoms with E-state index in [0.717, 1.165) is 0 Å². The molecule has 2 aromatic heterocycles. The van der Waals surface area contributed by atoms with Gasteiger partial charge in [0.15, 0.2) is 19.9 Å². The molecular formula is C16H25N4O5PS. The number of hydrogen-bond acceptors (Lipinski definition) is 9. The molecule has 0 aromatic carbocycles. The van der Waals surface area contributed by atoms with Crippen LogP contribution >= 0.6 is 20.7 Å². The Hall–Kier alpha value is -1.03. The molecule has 4 unspecified atom stereocenters. The Morgan fingerprint density at radius 3 is 2.74 bits per heavy atom. The minimum atomic E-state index is -2.17. The summed E-state index contributed by atoms with van der Waals surface area (Å²) in [6.45, 7) is 5.61. The maximum Gasteiger partial charge on any atom is 0.194 e. The average molecular weight is 416 g/mol. The summed E-state index contributed by atoms with van der Waals surface area (Å²) in [5.41, 5.74) is 0.893. The van der Waals surface area contributed by atoms with Crippen molar-refractivity contribution in [3.8, 4) is 0 Å². The molecule has 27 heavy (non-hydrogen) atoms. The molecule has 1 aliphatic rings. The van der Waals surface area contributed by atoms with Crippen molar-refractivity contribution in [2.45, 2.75) is 74.9 Å². The lowest BCUT2D eigenvalue weighted by molar-refractivity contribution is -0.0463. The second-order valence-electron chi connectivity index (χ2n) is 6.93. The number of aromatic nitrogens is 4. The van der Waals surface area contributed by atoms with Crippen molar-refractivity contribution in [3.05, 3.63) is 12.7 Å². The van der Waals surface area contributed by atoms with Crippen LogP contribution in [0.2, 0.25) is 0 Å². The zero-order valence-corrected chi connectivity index (χ0v) is 17.3. The third kappa shape index (κ3) is 4.21. The first-order valence-electron chi connectivity index (χ1n) is 8.92. The lowest BCUT2D eigenvalue weighted by Crippen LogP contribution is -2.33. The van der Waals surface area contributed by atoms with Gasteiger partial charge >= 0.3 is 0 Å². The molecule has 0 bridgehead atoms. The zero-order valence-electron chi connectivity index (χ0n) is 15.4. The van der Waals surface area contributed by atoms with Crippen molar-refractivity contribution in [1.82, 2.24) is 19.5 Å². The highest BCUT2D eigenvalue weighted by Gasteiger charge is 2.45. The Bertz CT molecular complexity index is 819. The summed E-state index contributed by atoms with van der Waals surface area (Å²) in [7, 11) is -2.17. The largest absolute Gasteiger partial charge is 0.388 e. The first kappa shape index (κ1) is 20.7. The summed E-state index contributed by atoms with van der Waals surface area (Å²) in [6.07, 6.45) is -0.321. The van der Waals surface area contributed by atoms with Gasteiger partial charge in [-0.3, -0.25) is 9.13 Å². The molecule has 150 valence electrons. The Morgan fingerprint density at radius 1 is 1.33 bits per heavy atom. The van der Waals surface area contributed by atoms with E-state index in [-0.39, 0.29) is 11.8 Å². The van der Waals surface area contributed by atoms with Crippen LogP contribution in [0.3, 0.4) is 0 Å². The normalized spacial score (nSPS) is 28.1. The fraction of sp³-hybridized carbons (Fsp3) is 0.688. The van der Waals surface area contributed by atoms with E-state index in [4.69, 9.17) is 9.26 Å². The van der Waals surface area contributed by atoms with Crippen LogP contribution in [0.4, 0.5) is 0 Å². The third-order valence-corrected chi connectivity index (χ3v) is 6.49. The number of aliphatic hydroxyl groups excluding tert-OH is 2. The number of thiol groups is 1. The van der Waals surface area contributed by atoms with Gasteiger partial charge in [-0.1, -0.05) is 20.8 Å². The number of hydrogen-bond donors (Lipinski definition) is 3. The Balaban J connectivity index is 1.77. The van der Waals surface area contributed by atoms with E-state index >= 15 is 0 Å². The number of ether oxygens (including phenoxy) is 1. The molecule has 0 saturated carbocycles. The van der Waals surface area contributed by atoms with Crippen LogP contribution in [0.1, 0.15) is 39.8 Å². The summed E-state index contributed by atoms with van der Waals surface area (Å²) in [5, 5.41) is 21.4. The highest BCUT2D eigenvalue weighted by molar-refractivity contribution is 7.80. The standard InChI is InChI=1S/C16H25N4O5PS/c1-4-9(25-26(23)8(2)3)5-10-12(21)13(22)16(24-10)20-7-19-11-14(20)17-6-18-15(11)27/h6-10,12-13,16,21-22,26H,4-5H2,1-3H3,(H,17,18,27)/t9?,10-,12?,13-,16?/m1/s1. The Labute approximate surface area is 163 Å². The quantitative estimate of drug-likeness (QED) is 0.355. The van der Waals surface area contributed by atoms with Crippen LogP contribution in [0.15, 0.2) is 17.7 Å². The molecule has 11 heteroatoms. The minimum Gasteiger partial charge on any atom is -0.388 e. The summed E-state index contributed by atoms with van der Waals surface area (Å²) < 4.78 is 25.2. The summed E-state index contributed by atoms with van der Waals surface area (Å²) in [4.78, 5) is 12.4. The molecule has 0 aliphatic carbocycles. The van der Waals surface area contributed by atoms with Gasteiger partial charge < -0.3 is 19.5 Å². The fourth-order valence-electron chi connectivity index (χ4n) is 3.04. The van der Waals surface area contributed by atoms with Crippen LogP contribution in [-0.4, -0.2) is 59.8 Å². The smallest absolute Gasteiger partial charge is 0.194 e. The summed E-state index contributed by atoms with van der Waals surface area (Å²) in [5.74, 6) is 0. The molecule has 2 aromatic rings. The number of aliphatic hydroxyl groups is 2. The highest BCUT2D eigenvalue weighted by Crippen LogP contribution is 2.37. The van der Waals surface area contributed by atoms with Crippen molar-refractivity contribution < 1.29 is 24.0 Å². The van der Waals surface area contributed by atoms with E-state index in [1.54, 1.807) is 4.57 Å². The predicted octanol–water partition coefficient (Wildman–Crippen LogP) is 1.80. The Kier molecular flexibility index (Phi) is 6.55. The topological polar surface area (TPSA) is 120 Å². The van der Waals surface area contributed by atoms with Crippen molar-refractivity contribution in [2.75, 3.05) is 0 Å². The molecular weight excluding hydrogens is 391 g/mol. The number of rotatable bonds is 7. The van der Waals surface area contributed by atoms with Crippen LogP contribution in [-0.2, 0) is 13.8 Å². The summed E-state index contributed by atoms with van der Waals surface area (Å²) in [6, 6.07) is 0. The molecule has 1 saturated heterocycles. The SMILES string of the molecule is CCC(C[C@H]1OC(n2cnc3c(S)ncnc32)[C@H](O)C1O)O[PH](=O)C(C)C. The van der Waals surface area contributed by atoms with Gasteiger partial charge in [-0.2, -0.15) is 0 Å². The molecule has 3 heterocycles. The van der Waals surface area contributed by atoms with Gasteiger partial charge in [0.25, 0.3) is 0 Å². The van der Waals surface area contributed by atoms with Crippen LogP contribution < -0.4 is 0 Å². The van der Waals surface area contributed by atoms with Crippen molar-refractivity contribution in [1.29, 1.82) is 0 Å². The van der Waals surface area contributed by atoms with E-state index in [0.29, 0.717) is 29.0 Å². The number of imidazole rings is 1. The molecule has 1 aliphatic heterocycles. The molecule has 2 N–H and O–H groups in total. The lowest BCUT2D eigenvalue weighted by atomic mass is 10.0. The third-order valence-electron chi connectivity index (χ3n) is 4.66.